The molecule has 2 rings (SSSR count). The molecule has 1 aromatic rings. The number of carbonyl (C=O) groups excluding carboxylic acids is 1. The first-order valence-corrected chi connectivity index (χ1v) is 6.59. The zero-order valence-corrected chi connectivity index (χ0v) is 11.1. The molecule has 2 N–H and O–H groups in total. The largest absolute Gasteiger partial charge is 0.372 e. The fourth-order valence-electron chi connectivity index (χ4n) is 2.39. The van der Waals surface area contributed by atoms with Gasteiger partial charge in [0.25, 0.3) is 0 Å². The summed E-state index contributed by atoms with van der Waals surface area (Å²) in [5.74, 6) is 0.0330. The van der Waals surface area contributed by atoms with E-state index in [4.69, 9.17) is 5.73 Å². The molecular formula is C14H21N3O. The van der Waals surface area contributed by atoms with E-state index in [0.29, 0.717) is 0 Å². The fraction of sp³-hybridized carbons (Fsp3) is 0.500. The van der Waals surface area contributed by atoms with Crippen LogP contribution in [-0.2, 0) is 4.79 Å². The molecule has 1 saturated heterocycles. The Hall–Kier alpha value is -1.55. The molecule has 0 bridgehead atoms. The molecule has 1 fully saturated rings. The van der Waals surface area contributed by atoms with Crippen molar-refractivity contribution in [1.82, 2.24) is 0 Å². The second-order valence-corrected chi connectivity index (χ2v) is 4.57. The third kappa shape index (κ3) is 2.34. The van der Waals surface area contributed by atoms with Crippen LogP contribution in [0.25, 0.3) is 0 Å². The van der Waals surface area contributed by atoms with Gasteiger partial charge in [-0.1, -0.05) is 0 Å². The molecule has 0 radical (unpaired) electrons. The van der Waals surface area contributed by atoms with Crippen LogP contribution in [0, 0.1) is 0 Å². The van der Waals surface area contributed by atoms with E-state index in [1.165, 1.54) is 5.69 Å². The highest BCUT2D eigenvalue weighted by Gasteiger charge is 2.29. The lowest BCUT2D eigenvalue weighted by molar-refractivity contribution is -0.118. The van der Waals surface area contributed by atoms with Crippen LogP contribution in [-0.4, -0.2) is 31.6 Å². The number of hydrogen-bond donors (Lipinski definition) is 1. The average molecular weight is 247 g/mol. The van der Waals surface area contributed by atoms with E-state index in [1.54, 1.807) is 4.90 Å². The molecule has 1 unspecified atom stereocenters. The average Bonchev–Trinajstić information content (AvgIpc) is 2.73. The van der Waals surface area contributed by atoms with Crippen LogP contribution in [0.3, 0.4) is 0 Å². The van der Waals surface area contributed by atoms with E-state index in [-0.39, 0.29) is 11.9 Å². The molecule has 98 valence electrons. The van der Waals surface area contributed by atoms with Gasteiger partial charge >= 0.3 is 0 Å². The first-order chi connectivity index (χ1) is 8.67. The highest BCUT2D eigenvalue weighted by atomic mass is 16.2. The van der Waals surface area contributed by atoms with Gasteiger partial charge in [0.05, 0.1) is 6.04 Å². The van der Waals surface area contributed by atoms with Crippen LogP contribution in [0.4, 0.5) is 11.4 Å². The van der Waals surface area contributed by atoms with Gasteiger partial charge in [-0.3, -0.25) is 4.79 Å². The number of nitrogens with two attached hydrogens (primary N) is 1. The standard InChI is InChI=1S/C14H21N3O/c1-3-16(4-2)11-5-7-12(8-6-11)17-10-9-13(15)14(17)18/h5-8,13H,3-4,9-10,15H2,1-2H3. The maximum Gasteiger partial charge on any atom is 0.243 e. The maximum absolute atomic E-state index is 11.8. The van der Waals surface area contributed by atoms with E-state index in [9.17, 15) is 4.79 Å². The van der Waals surface area contributed by atoms with Crippen molar-refractivity contribution in [3.05, 3.63) is 24.3 Å². The summed E-state index contributed by atoms with van der Waals surface area (Å²) >= 11 is 0. The van der Waals surface area contributed by atoms with Gasteiger partial charge in [-0.15, -0.1) is 0 Å². The lowest BCUT2D eigenvalue weighted by Gasteiger charge is -2.22. The van der Waals surface area contributed by atoms with Crippen LogP contribution in [0.2, 0.25) is 0 Å². The molecule has 1 heterocycles. The predicted molar refractivity (Wildman–Crippen MR) is 74.9 cm³/mol. The van der Waals surface area contributed by atoms with Crippen molar-refractivity contribution in [2.75, 3.05) is 29.4 Å². The third-order valence-electron chi connectivity index (χ3n) is 3.54. The van der Waals surface area contributed by atoms with Gasteiger partial charge < -0.3 is 15.5 Å². The van der Waals surface area contributed by atoms with E-state index in [2.05, 4.69) is 30.9 Å². The summed E-state index contributed by atoms with van der Waals surface area (Å²) in [5.41, 5.74) is 7.87. The van der Waals surface area contributed by atoms with Crippen molar-refractivity contribution in [2.24, 2.45) is 5.73 Å². The zero-order chi connectivity index (χ0) is 13.1. The zero-order valence-electron chi connectivity index (χ0n) is 11.1. The maximum atomic E-state index is 11.8. The van der Waals surface area contributed by atoms with Gasteiger partial charge in [0.1, 0.15) is 0 Å². The summed E-state index contributed by atoms with van der Waals surface area (Å²) in [7, 11) is 0. The molecule has 1 amide bonds. The molecule has 0 spiro atoms. The molecule has 0 saturated carbocycles. The Bertz CT molecular complexity index is 412. The van der Waals surface area contributed by atoms with Crippen LogP contribution in [0.15, 0.2) is 24.3 Å². The summed E-state index contributed by atoms with van der Waals surface area (Å²) in [6.07, 6.45) is 0.747. The lowest BCUT2D eigenvalue weighted by Crippen LogP contribution is -2.33. The van der Waals surface area contributed by atoms with Crippen LogP contribution in [0.1, 0.15) is 20.3 Å². The minimum atomic E-state index is -0.326. The normalized spacial score (nSPS) is 19.4. The number of benzene rings is 1. The minimum Gasteiger partial charge on any atom is -0.372 e. The van der Waals surface area contributed by atoms with E-state index < -0.39 is 0 Å². The molecule has 1 aliphatic heterocycles. The van der Waals surface area contributed by atoms with Gasteiger partial charge in [0.2, 0.25) is 5.91 Å². The summed E-state index contributed by atoms with van der Waals surface area (Å²) < 4.78 is 0. The highest BCUT2D eigenvalue weighted by molar-refractivity contribution is 5.99. The van der Waals surface area contributed by atoms with Gasteiger partial charge in [-0.05, 0) is 44.5 Å². The Morgan fingerprint density at radius 3 is 2.33 bits per heavy atom. The van der Waals surface area contributed by atoms with Gasteiger partial charge in [0, 0.05) is 31.0 Å². The summed E-state index contributed by atoms with van der Waals surface area (Å²) in [5, 5.41) is 0. The molecule has 1 atom stereocenters. The van der Waals surface area contributed by atoms with Crippen molar-refractivity contribution >= 4 is 17.3 Å². The van der Waals surface area contributed by atoms with Crippen molar-refractivity contribution in [1.29, 1.82) is 0 Å². The molecule has 18 heavy (non-hydrogen) atoms. The summed E-state index contributed by atoms with van der Waals surface area (Å²) in [4.78, 5) is 15.9. The summed E-state index contributed by atoms with van der Waals surface area (Å²) in [6.45, 7) is 6.98. The molecule has 4 nitrogen and oxygen atoms in total. The SMILES string of the molecule is CCN(CC)c1ccc(N2CCC(N)C2=O)cc1. The summed E-state index contributed by atoms with van der Waals surface area (Å²) in [6, 6.07) is 7.82. The fourth-order valence-corrected chi connectivity index (χ4v) is 2.39. The number of anilines is 2. The van der Waals surface area contributed by atoms with Crippen molar-refractivity contribution in [3.8, 4) is 0 Å². The lowest BCUT2D eigenvalue weighted by atomic mass is 10.2. The van der Waals surface area contributed by atoms with E-state index >= 15 is 0 Å². The van der Waals surface area contributed by atoms with Crippen molar-refractivity contribution < 1.29 is 4.79 Å². The van der Waals surface area contributed by atoms with Gasteiger partial charge in [-0.2, -0.15) is 0 Å². The second-order valence-electron chi connectivity index (χ2n) is 4.57. The van der Waals surface area contributed by atoms with Crippen molar-refractivity contribution in [2.45, 2.75) is 26.3 Å². The molecule has 4 heteroatoms. The first kappa shape index (κ1) is 12.9. The smallest absolute Gasteiger partial charge is 0.243 e. The Kier molecular flexibility index (Phi) is 3.87. The third-order valence-corrected chi connectivity index (χ3v) is 3.54. The van der Waals surface area contributed by atoms with E-state index in [0.717, 1.165) is 31.7 Å². The topological polar surface area (TPSA) is 49.6 Å². The van der Waals surface area contributed by atoms with Gasteiger partial charge in [-0.25, -0.2) is 0 Å². The quantitative estimate of drug-likeness (QED) is 0.879. The first-order valence-electron chi connectivity index (χ1n) is 6.59. The number of amides is 1. The molecule has 1 aromatic carbocycles. The second kappa shape index (κ2) is 5.40. The molecule has 1 aliphatic rings. The monoisotopic (exact) mass is 247 g/mol. The van der Waals surface area contributed by atoms with Crippen LogP contribution < -0.4 is 15.5 Å². The van der Waals surface area contributed by atoms with Crippen LogP contribution >= 0.6 is 0 Å². The number of carbonyl (C=O) groups is 1. The van der Waals surface area contributed by atoms with Crippen LogP contribution in [0.5, 0.6) is 0 Å². The minimum absolute atomic E-state index is 0.0330. The Morgan fingerprint density at radius 2 is 1.89 bits per heavy atom. The highest BCUT2D eigenvalue weighted by Crippen LogP contribution is 2.24. The Balaban J connectivity index is 2.15. The van der Waals surface area contributed by atoms with E-state index in [1.807, 2.05) is 12.1 Å². The predicted octanol–water partition coefficient (Wildman–Crippen LogP) is 1.60. The molecule has 0 aliphatic carbocycles. The number of rotatable bonds is 4. The molecular weight excluding hydrogens is 226 g/mol. The Labute approximate surface area is 108 Å². The Morgan fingerprint density at radius 1 is 1.28 bits per heavy atom. The number of nitrogens with zero attached hydrogens (tertiary/aromatic N) is 2. The molecule has 0 aromatic heterocycles. The van der Waals surface area contributed by atoms with Crippen molar-refractivity contribution in [3.63, 3.8) is 0 Å². The van der Waals surface area contributed by atoms with Gasteiger partial charge in [0.15, 0.2) is 0 Å². The number of hydrogen-bond acceptors (Lipinski definition) is 3.